The summed E-state index contributed by atoms with van der Waals surface area (Å²) >= 11 is -11.1. The fraction of sp³-hybridized carbons (Fsp3) is 0. The molecule has 0 bridgehead atoms. The van der Waals surface area contributed by atoms with Gasteiger partial charge in [-0.05, 0) is 0 Å². The van der Waals surface area contributed by atoms with Gasteiger partial charge in [-0.3, -0.25) is 0 Å². The molecule has 0 aliphatic carbocycles. The Kier molecular flexibility index (Phi) is 2.07. The molecule has 0 aromatic carbocycles. The van der Waals surface area contributed by atoms with Crippen LogP contribution in [-0.2, 0) is 0 Å². The first-order chi connectivity index (χ1) is 3.45. The van der Waals surface area contributed by atoms with Crippen LogP contribution in [0.1, 0.15) is 0 Å². The van der Waals surface area contributed by atoms with Crippen molar-refractivity contribution in [1.29, 1.82) is 0 Å². The van der Waals surface area contributed by atoms with Gasteiger partial charge < -0.3 is 0 Å². The molecule has 0 atom stereocenters. The summed E-state index contributed by atoms with van der Waals surface area (Å²) in [5.74, 6) is 0. The summed E-state index contributed by atoms with van der Waals surface area (Å²) in [7, 11) is 0. The van der Waals surface area contributed by atoms with Gasteiger partial charge in [-0.1, -0.05) is 0 Å². The second kappa shape index (κ2) is 1.62. The van der Waals surface area contributed by atoms with Crippen molar-refractivity contribution in [2.24, 2.45) is 0 Å². The molecule has 1 radical (unpaired) electrons. The molecule has 0 heterocycles. The summed E-state index contributed by atoms with van der Waals surface area (Å²) in [5, 5.41) is 0. The predicted octanol–water partition coefficient (Wildman–Crippen LogP) is 2.21. The number of hydrogen-bond acceptors (Lipinski definition) is 2. The fourth-order valence-corrected chi connectivity index (χ4v) is 0. The summed E-state index contributed by atoms with van der Waals surface area (Å²) in [6.07, 6.45) is 0. The van der Waals surface area contributed by atoms with Gasteiger partial charge in [-0.15, -0.1) is 0 Å². The molecule has 0 aliphatic heterocycles. The van der Waals surface area contributed by atoms with Crippen LogP contribution in [0.25, 0.3) is 0 Å². The van der Waals surface area contributed by atoms with Crippen LogP contribution in [-0.4, -0.2) is 14.2 Å². The van der Waals surface area contributed by atoms with Crippen LogP contribution < -0.4 is 0 Å². The topological polar surface area (TPSA) is 37.0 Å². The molecular formula is AsF6O2. The first-order valence-electron chi connectivity index (χ1n) is 1.18. The van der Waals surface area contributed by atoms with Gasteiger partial charge in [0.15, 0.2) is 0 Å². The van der Waals surface area contributed by atoms with Crippen molar-refractivity contribution in [2.75, 3.05) is 0 Å². The van der Waals surface area contributed by atoms with E-state index in [1.807, 2.05) is 0 Å². The van der Waals surface area contributed by atoms with Crippen LogP contribution in [0.5, 0.6) is 0 Å². The van der Waals surface area contributed by atoms with Gasteiger partial charge in [0.1, 0.15) is 0 Å². The van der Waals surface area contributed by atoms with Crippen LogP contribution >= 0.6 is 0 Å². The van der Waals surface area contributed by atoms with Crippen molar-refractivity contribution in [3.63, 3.8) is 0 Å². The molecule has 0 unspecified atom stereocenters. The molecular weight excluding hydrogens is 221 g/mol. The van der Waals surface area contributed by atoms with Crippen LogP contribution in [0.4, 0.5) is 20.8 Å². The SMILES string of the molecule is F[As-](F)(F)(F)(F)F.O=[O+]. The first kappa shape index (κ1) is 11.5. The fourth-order valence-electron chi connectivity index (χ4n) is 0. The van der Waals surface area contributed by atoms with E-state index in [2.05, 4.69) is 0 Å². The normalized spacial score (nSPS) is 18.4. The maximum Gasteiger partial charge on any atom is 0.666 e. The summed E-state index contributed by atoms with van der Waals surface area (Å²) in [4.78, 5) is 14.0. The minimum atomic E-state index is -11.1. The van der Waals surface area contributed by atoms with Crippen molar-refractivity contribution in [2.45, 2.75) is 0 Å². The van der Waals surface area contributed by atoms with E-state index in [0.29, 0.717) is 0 Å². The molecule has 0 spiro atoms. The van der Waals surface area contributed by atoms with Gasteiger partial charge in [0.2, 0.25) is 0 Å². The summed E-state index contributed by atoms with van der Waals surface area (Å²) in [6, 6.07) is 0. The third kappa shape index (κ3) is 3720. The summed E-state index contributed by atoms with van der Waals surface area (Å²) < 4.78 is 59.4. The van der Waals surface area contributed by atoms with E-state index in [9.17, 15) is 20.8 Å². The van der Waals surface area contributed by atoms with E-state index in [-0.39, 0.29) is 0 Å². The van der Waals surface area contributed by atoms with E-state index < -0.39 is 14.2 Å². The van der Waals surface area contributed by atoms with Crippen LogP contribution in [0, 0.1) is 9.93 Å². The standard InChI is InChI=1S/AsF6.O2/c2-1(3,4,5,6)7;1-2/q-1;+1. The summed E-state index contributed by atoms with van der Waals surface area (Å²) in [5.41, 5.74) is 0. The predicted molar refractivity (Wildman–Crippen MR) is 19.1 cm³/mol. The minimum absolute atomic E-state index is 7.00. The molecule has 0 aliphatic rings. The number of rotatable bonds is 0. The molecule has 0 rings (SSSR count). The van der Waals surface area contributed by atoms with E-state index >= 15 is 0 Å². The molecule has 0 fully saturated rings. The van der Waals surface area contributed by atoms with Crippen molar-refractivity contribution < 1.29 is 20.8 Å². The Morgan fingerprint density at radius 1 is 0.778 bits per heavy atom. The second-order valence-electron chi connectivity index (χ2n) is 0.958. The molecule has 59 valence electrons. The largest absolute Gasteiger partial charge is 0.666 e. The van der Waals surface area contributed by atoms with Gasteiger partial charge in [0.05, 0.1) is 0 Å². The molecule has 0 amide bonds. The molecule has 0 aromatic heterocycles. The van der Waals surface area contributed by atoms with E-state index in [1.165, 1.54) is 0 Å². The first-order valence-corrected chi connectivity index (χ1v) is 5.44. The molecule has 0 saturated heterocycles. The van der Waals surface area contributed by atoms with Crippen LogP contribution in [0.15, 0.2) is 0 Å². The van der Waals surface area contributed by atoms with Crippen molar-refractivity contribution in [3.8, 4) is 0 Å². The third-order valence-corrected chi connectivity index (χ3v) is 0. The monoisotopic (exact) mass is 221 g/mol. The van der Waals surface area contributed by atoms with Gasteiger partial charge in [0.25, 0.3) is 0 Å². The zero-order chi connectivity index (χ0) is 8.41. The average molecular weight is 221 g/mol. The van der Waals surface area contributed by atoms with Crippen molar-refractivity contribution in [3.05, 3.63) is 9.93 Å². The quantitative estimate of drug-likeness (QED) is 0.357. The maximum absolute atomic E-state index is 11.1. The molecule has 0 aromatic rings. The van der Waals surface area contributed by atoms with Crippen molar-refractivity contribution in [1.82, 2.24) is 0 Å². The third-order valence-electron chi connectivity index (χ3n) is 0. The Bertz CT molecular complexity index is 80.4. The molecule has 2 nitrogen and oxygen atoms in total. The zero-order valence-corrected chi connectivity index (χ0v) is 5.41. The average Bonchev–Trinajstić information content (AvgIpc) is 1.30. The van der Waals surface area contributed by atoms with E-state index in [0.717, 1.165) is 0 Å². The van der Waals surface area contributed by atoms with E-state index in [1.54, 1.807) is 0 Å². The van der Waals surface area contributed by atoms with Gasteiger partial charge in [0, 0.05) is 0 Å². The van der Waals surface area contributed by atoms with Gasteiger partial charge >= 0.3 is 44.9 Å². The molecule has 9 heavy (non-hydrogen) atoms. The number of halogens is 6. The van der Waals surface area contributed by atoms with Crippen LogP contribution in [0.2, 0.25) is 0 Å². The minimum Gasteiger partial charge on any atom is 0.334 e. The maximum atomic E-state index is 9.91. The summed E-state index contributed by atoms with van der Waals surface area (Å²) in [6.45, 7) is 0. The van der Waals surface area contributed by atoms with Crippen molar-refractivity contribution >= 4 is 14.2 Å². The molecule has 0 saturated carbocycles. The zero-order valence-electron chi connectivity index (χ0n) is 3.53. The Balaban J connectivity index is 0. The Morgan fingerprint density at radius 3 is 0.778 bits per heavy atom. The second-order valence-corrected chi connectivity index (χ2v) is 4.98. The number of hydrogen-bond donors (Lipinski definition) is 0. The Hall–Kier alpha value is -0.262. The smallest absolute Gasteiger partial charge is 0.334 e. The Morgan fingerprint density at radius 2 is 0.778 bits per heavy atom. The van der Waals surface area contributed by atoms with E-state index in [4.69, 9.17) is 9.93 Å². The molecule has 9 heteroatoms. The van der Waals surface area contributed by atoms with Crippen LogP contribution in [0.3, 0.4) is 0 Å². The van der Waals surface area contributed by atoms with Gasteiger partial charge in [-0.2, -0.15) is 0 Å². The van der Waals surface area contributed by atoms with Gasteiger partial charge in [-0.25, -0.2) is 0 Å². The Labute approximate surface area is 45.9 Å². The molecule has 0 N–H and O–H groups in total.